The van der Waals surface area contributed by atoms with Crippen molar-refractivity contribution < 1.29 is 14.7 Å². The lowest BCUT2D eigenvalue weighted by atomic mass is 10.1. The van der Waals surface area contributed by atoms with Crippen LogP contribution in [0.15, 0.2) is 48.8 Å². The third-order valence-electron chi connectivity index (χ3n) is 4.81. The zero-order valence-corrected chi connectivity index (χ0v) is 19.1. The first kappa shape index (κ1) is 23.5. The van der Waals surface area contributed by atoms with Gasteiger partial charge in [-0.25, -0.2) is 4.98 Å². The Labute approximate surface area is 196 Å². The molecule has 0 saturated carbocycles. The first-order valence-electron chi connectivity index (χ1n) is 9.96. The summed E-state index contributed by atoms with van der Waals surface area (Å²) in [5.74, 6) is -0.573. The third-order valence-corrected chi connectivity index (χ3v) is 5.39. The van der Waals surface area contributed by atoms with Crippen LogP contribution in [0.2, 0.25) is 10.0 Å². The highest BCUT2D eigenvalue weighted by atomic mass is 35.5. The molecule has 0 bridgehead atoms. The Bertz CT molecular complexity index is 1120. The molecule has 32 heavy (non-hydrogen) atoms. The second-order valence-corrected chi connectivity index (χ2v) is 7.88. The maximum absolute atomic E-state index is 12.7. The van der Waals surface area contributed by atoms with Gasteiger partial charge in [0.15, 0.2) is 0 Å². The van der Waals surface area contributed by atoms with Crippen molar-refractivity contribution in [3.8, 4) is 0 Å². The molecule has 9 heteroatoms. The number of pyridine rings is 2. The van der Waals surface area contributed by atoms with Crippen molar-refractivity contribution in [2.75, 3.05) is 16.8 Å². The lowest BCUT2D eigenvalue weighted by Gasteiger charge is -2.26. The number of carboxylic acids is 1. The lowest BCUT2D eigenvalue weighted by molar-refractivity contribution is -0.136. The third kappa shape index (κ3) is 5.55. The number of halogens is 2. The average molecular weight is 473 g/mol. The van der Waals surface area contributed by atoms with E-state index < -0.39 is 5.97 Å². The number of nitrogens with zero attached hydrogens (tertiary/aromatic N) is 3. The van der Waals surface area contributed by atoms with Crippen LogP contribution in [0.25, 0.3) is 0 Å². The first-order valence-corrected chi connectivity index (χ1v) is 10.7. The predicted molar refractivity (Wildman–Crippen MR) is 126 cm³/mol. The molecule has 0 saturated heterocycles. The number of hydrogen-bond donors (Lipinski definition) is 2. The van der Waals surface area contributed by atoms with Gasteiger partial charge >= 0.3 is 5.97 Å². The van der Waals surface area contributed by atoms with Gasteiger partial charge in [0.25, 0.3) is 5.91 Å². The summed E-state index contributed by atoms with van der Waals surface area (Å²) in [5.41, 5.74) is 3.25. The molecule has 0 aliphatic heterocycles. The number of aromatic nitrogens is 2. The predicted octanol–water partition coefficient (Wildman–Crippen LogP) is 5.52. The van der Waals surface area contributed by atoms with Gasteiger partial charge in [-0.2, -0.15) is 0 Å². The van der Waals surface area contributed by atoms with Crippen LogP contribution in [0.5, 0.6) is 0 Å². The smallest absolute Gasteiger partial charge is 0.305 e. The minimum absolute atomic E-state index is 0.0555. The van der Waals surface area contributed by atoms with E-state index in [1.165, 1.54) is 12.4 Å². The summed E-state index contributed by atoms with van der Waals surface area (Å²) in [6.07, 6.45) is 3.49. The molecule has 0 atom stereocenters. The number of carbonyl (C=O) groups excluding carboxylic acids is 1. The normalized spacial score (nSPS) is 10.6. The van der Waals surface area contributed by atoms with Crippen molar-refractivity contribution in [2.24, 2.45) is 0 Å². The second-order valence-electron chi connectivity index (χ2n) is 7.06. The maximum atomic E-state index is 12.7. The lowest BCUT2D eigenvalue weighted by Crippen LogP contribution is -2.23. The fourth-order valence-corrected chi connectivity index (χ4v) is 3.61. The van der Waals surface area contributed by atoms with Crippen LogP contribution in [0.1, 0.15) is 35.0 Å². The van der Waals surface area contributed by atoms with Gasteiger partial charge in [0.2, 0.25) is 0 Å². The van der Waals surface area contributed by atoms with Crippen molar-refractivity contribution in [3.05, 3.63) is 75.7 Å². The molecule has 1 aromatic carbocycles. The van der Waals surface area contributed by atoms with Crippen LogP contribution in [0.4, 0.5) is 17.2 Å². The van der Waals surface area contributed by atoms with Crippen LogP contribution in [0.3, 0.4) is 0 Å². The van der Waals surface area contributed by atoms with Crippen LogP contribution in [0, 0.1) is 6.92 Å². The van der Waals surface area contributed by atoms with Crippen molar-refractivity contribution >= 4 is 52.3 Å². The number of aryl methyl sites for hydroxylation is 2. The number of nitrogens with one attached hydrogen (secondary N) is 1. The molecule has 166 valence electrons. The summed E-state index contributed by atoms with van der Waals surface area (Å²) in [7, 11) is 0. The van der Waals surface area contributed by atoms with Gasteiger partial charge in [0, 0.05) is 35.9 Å². The highest BCUT2D eigenvalue weighted by Gasteiger charge is 2.18. The number of aliphatic carboxylic acids is 1. The second kappa shape index (κ2) is 10.4. The molecule has 2 N–H and O–H groups in total. The standard InChI is InChI=1S/C23H22Cl2N4O3/c1-3-15-5-4-14(2)27-22(15)29(11-10-20(30)31)17-8-6-16(7-9-17)23(32)28-21-18(24)12-26-13-19(21)25/h4-9,12-13H,3,10-11H2,1-2H3,(H,30,31)(H,26,28,32). The van der Waals surface area contributed by atoms with Crippen molar-refractivity contribution in [3.63, 3.8) is 0 Å². The molecule has 0 aliphatic rings. The van der Waals surface area contributed by atoms with E-state index in [-0.39, 0.29) is 34.6 Å². The molecule has 2 heterocycles. The van der Waals surface area contributed by atoms with E-state index in [1.807, 2.05) is 30.9 Å². The number of carbonyl (C=O) groups is 2. The number of rotatable bonds is 8. The van der Waals surface area contributed by atoms with Crippen LogP contribution in [-0.4, -0.2) is 33.5 Å². The van der Waals surface area contributed by atoms with E-state index in [0.717, 1.165) is 23.4 Å². The Hall–Kier alpha value is -3.16. The van der Waals surface area contributed by atoms with E-state index >= 15 is 0 Å². The summed E-state index contributed by atoms with van der Waals surface area (Å²) in [6.45, 7) is 4.15. The number of benzene rings is 1. The zero-order valence-electron chi connectivity index (χ0n) is 17.6. The summed E-state index contributed by atoms with van der Waals surface area (Å²) in [5, 5.41) is 12.4. The van der Waals surface area contributed by atoms with E-state index in [1.54, 1.807) is 24.3 Å². The minimum Gasteiger partial charge on any atom is -0.481 e. The molecule has 3 aromatic rings. The molecule has 0 spiro atoms. The van der Waals surface area contributed by atoms with Gasteiger partial charge in [0.05, 0.1) is 22.2 Å². The van der Waals surface area contributed by atoms with Gasteiger partial charge < -0.3 is 15.3 Å². The van der Waals surface area contributed by atoms with E-state index in [9.17, 15) is 14.7 Å². The van der Waals surface area contributed by atoms with Crippen LogP contribution in [-0.2, 0) is 11.2 Å². The van der Waals surface area contributed by atoms with E-state index in [0.29, 0.717) is 11.4 Å². The topological polar surface area (TPSA) is 95.4 Å². The van der Waals surface area contributed by atoms with E-state index in [2.05, 4.69) is 15.3 Å². The summed E-state index contributed by atoms with van der Waals surface area (Å²) in [6, 6.07) is 10.8. The molecule has 0 radical (unpaired) electrons. The van der Waals surface area contributed by atoms with Gasteiger partial charge in [-0.3, -0.25) is 14.6 Å². The van der Waals surface area contributed by atoms with Gasteiger partial charge in [-0.05, 0) is 49.2 Å². The number of anilines is 3. The molecule has 0 fully saturated rings. The van der Waals surface area contributed by atoms with Crippen LogP contribution >= 0.6 is 23.2 Å². The molecule has 7 nitrogen and oxygen atoms in total. The quantitative estimate of drug-likeness (QED) is 0.448. The SMILES string of the molecule is CCc1ccc(C)nc1N(CCC(=O)O)c1ccc(C(=O)Nc2c(Cl)cncc2Cl)cc1. The fraction of sp³-hybridized carbons (Fsp3) is 0.217. The minimum atomic E-state index is -0.900. The van der Waals surface area contributed by atoms with Gasteiger partial charge in [-0.1, -0.05) is 36.2 Å². The van der Waals surface area contributed by atoms with Gasteiger partial charge in [-0.15, -0.1) is 0 Å². The number of carboxylic acid groups (broad SMARTS) is 1. The average Bonchev–Trinajstić information content (AvgIpc) is 2.77. The molecule has 2 aromatic heterocycles. The Kier molecular flexibility index (Phi) is 7.66. The van der Waals surface area contributed by atoms with E-state index in [4.69, 9.17) is 23.2 Å². The fourth-order valence-electron chi connectivity index (χ4n) is 3.16. The molecule has 0 aliphatic carbocycles. The summed E-state index contributed by atoms with van der Waals surface area (Å²) in [4.78, 5) is 34.3. The molecule has 0 unspecified atom stereocenters. The zero-order chi connectivity index (χ0) is 23.3. The van der Waals surface area contributed by atoms with Crippen molar-refractivity contribution in [1.29, 1.82) is 0 Å². The Morgan fingerprint density at radius 3 is 2.31 bits per heavy atom. The Morgan fingerprint density at radius 2 is 1.72 bits per heavy atom. The molecular formula is C23H22Cl2N4O3. The Balaban J connectivity index is 1.90. The van der Waals surface area contributed by atoms with Gasteiger partial charge in [0.1, 0.15) is 5.82 Å². The highest BCUT2D eigenvalue weighted by molar-refractivity contribution is 6.39. The summed E-state index contributed by atoms with van der Waals surface area (Å²) < 4.78 is 0. The first-order chi connectivity index (χ1) is 15.3. The monoisotopic (exact) mass is 472 g/mol. The van der Waals surface area contributed by atoms with Crippen molar-refractivity contribution in [2.45, 2.75) is 26.7 Å². The number of amides is 1. The highest BCUT2D eigenvalue weighted by Crippen LogP contribution is 2.30. The largest absolute Gasteiger partial charge is 0.481 e. The summed E-state index contributed by atoms with van der Waals surface area (Å²) >= 11 is 12.1. The molecular weight excluding hydrogens is 451 g/mol. The molecule has 3 rings (SSSR count). The Morgan fingerprint density at radius 1 is 1.06 bits per heavy atom. The number of hydrogen-bond acceptors (Lipinski definition) is 5. The maximum Gasteiger partial charge on any atom is 0.305 e. The van der Waals surface area contributed by atoms with Crippen molar-refractivity contribution in [1.82, 2.24) is 9.97 Å². The molecule has 1 amide bonds. The van der Waals surface area contributed by atoms with Crippen LogP contribution < -0.4 is 10.2 Å².